The summed E-state index contributed by atoms with van der Waals surface area (Å²) in [4.78, 5) is 15.9. The van der Waals surface area contributed by atoms with Crippen molar-refractivity contribution in [1.29, 1.82) is 0 Å². The Morgan fingerprint density at radius 3 is 2.78 bits per heavy atom. The van der Waals surface area contributed by atoms with Gasteiger partial charge in [0.2, 0.25) is 5.91 Å². The fourth-order valence-corrected chi connectivity index (χ4v) is 3.56. The second-order valence-corrected chi connectivity index (χ2v) is 8.33. The summed E-state index contributed by atoms with van der Waals surface area (Å²) in [5.41, 5.74) is 2.31. The average molecular weight is 367 g/mol. The molecule has 1 aliphatic heterocycles. The van der Waals surface area contributed by atoms with Gasteiger partial charge in [-0.3, -0.25) is 9.78 Å². The maximum atomic E-state index is 11.8. The SMILES string of the molecule is Cc1cc(CN[C@@H]2CCC(=O)N[C@H]2C(C)(C)C)ccc1Oc1cccnc1. The van der Waals surface area contributed by atoms with E-state index in [1.165, 1.54) is 5.56 Å². The van der Waals surface area contributed by atoms with Crippen LogP contribution in [0.4, 0.5) is 0 Å². The zero-order valence-electron chi connectivity index (χ0n) is 16.6. The number of aromatic nitrogens is 1. The number of piperidine rings is 1. The highest BCUT2D eigenvalue weighted by atomic mass is 16.5. The van der Waals surface area contributed by atoms with E-state index >= 15 is 0 Å². The summed E-state index contributed by atoms with van der Waals surface area (Å²) < 4.78 is 5.90. The summed E-state index contributed by atoms with van der Waals surface area (Å²) in [7, 11) is 0. The lowest BCUT2D eigenvalue weighted by Crippen LogP contribution is -2.59. The highest BCUT2D eigenvalue weighted by Gasteiger charge is 2.36. The van der Waals surface area contributed by atoms with Crippen LogP contribution in [-0.4, -0.2) is 23.0 Å². The van der Waals surface area contributed by atoms with Crippen molar-refractivity contribution >= 4 is 5.91 Å². The van der Waals surface area contributed by atoms with Crippen molar-refractivity contribution in [2.45, 2.75) is 59.2 Å². The molecule has 0 aliphatic carbocycles. The highest BCUT2D eigenvalue weighted by molar-refractivity contribution is 5.77. The number of nitrogens with zero attached hydrogens (tertiary/aromatic N) is 1. The first-order valence-corrected chi connectivity index (χ1v) is 9.53. The molecule has 27 heavy (non-hydrogen) atoms. The van der Waals surface area contributed by atoms with Gasteiger partial charge < -0.3 is 15.4 Å². The minimum absolute atomic E-state index is 0.0189. The number of aryl methyl sites for hydroxylation is 1. The van der Waals surface area contributed by atoms with Crippen LogP contribution in [0.3, 0.4) is 0 Å². The van der Waals surface area contributed by atoms with Gasteiger partial charge in [-0.05, 0) is 48.1 Å². The van der Waals surface area contributed by atoms with Crippen molar-refractivity contribution in [2.24, 2.45) is 5.41 Å². The Morgan fingerprint density at radius 2 is 2.11 bits per heavy atom. The number of hydrogen-bond donors (Lipinski definition) is 2. The van der Waals surface area contributed by atoms with Gasteiger partial charge in [0.15, 0.2) is 0 Å². The van der Waals surface area contributed by atoms with Gasteiger partial charge in [0.1, 0.15) is 11.5 Å². The van der Waals surface area contributed by atoms with Gasteiger partial charge in [-0.2, -0.15) is 0 Å². The summed E-state index contributed by atoms with van der Waals surface area (Å²) in [6, 6.07) is 10.4. The molecule has 0 spiro atoms. The van der Waals surface area contributed by atoms with Crippen LogP contribution in [0.15, 0.2) is 42.7 Å². The van der Waals surface area contributed by atoms with Gasteiger partial charge >= 0.3 is 0 Å². The number of amides is 1. The van der Waals surface area contributed by atoms with Crippen LogP contribution in [0.25, 0.3) is 0 Å². The van der Waals surface area contributed by atoms with Crippen molar-refractivity contribution < 1.29 is 9.53 Å². The predicted octanol–water partition coefficient (Wildman–Crippen LogP) is 3.97. The third-order valence-electron chi connectivity index (χ3n) is 5.00. The molecule has 1 amide bonds. The largest absolute Gasteiger partial charge is 0.455 e. The molecular formula is C22H29N3O2. The van der Waals surface area contributed by atoms with Crippen LogP contribution in [0.1, 0.15) is 44.7 Å². The maximum Gasteiger partial charge on any atom is 0.220 e. The summed E-state index contributed by atoms with van der Waals surface area (Å²) in [6.45, 7) is 9.33. The molecular weight excluding hydrogens is 338 g/mol. The molecule has 2 aromatic rings. The van der Waals surface area contributed by atoms with Gasteiger partial charge in [-0.25, -0.2) is 0 Å². The Kier molecular flexibility index (Phi) is 5.80. The fourth-order valence-electron chi connectivity index (χ4n) is 3.56. The number of carbonyl (C=O) groups excluding carboxylic acids is 1. The van der Waals surface area contributed by atoms with E-state index in [0.717, 1.165) is 30.0 Å². The Morgan fingerprint density at radius 1 is 1.30 bits per heavy atom. The molecule has 1 aromatic heterocycles. The molecule has 0 saturated carbocycles. The van der Waals surface area contributed by atoms with E-state index in [4.69, 9.17) is 4.74 Å². The molecule has 3 rings (SSSR count). The summed E-state index contributed by atoms with van der Waals surface area (Å²) in [5, 5.41) is 6.81. The van der Waals surface area contributed by atoms with Crippen molar-refractivity contribution in [2.75, 3.05) is 0 Å². The van der Waals surface area contributed by atoms with Gasteiger partial charge in [0.25, 0.3) is 0 Å². The molecule has 0 bridgehead atoms. The first kappa shape index (κ1) is 19.4. The molecule has 0 radical (unpaired) electrons. The lowest BCUT2D eigenvalue weighted by atomic mass is 9.78. The van der Waals surface area contributed by atoms with E-state index in [9.17, 15) is 4.79 Å². The van der Waals surface area contributed by atoms with Crippen LogP contribution < -0.4 is 15.4 Å². The topological polar surface area (TPSA) is 63.2 Å². The quantitative estimate of drug-likeness (QED) is 0.839. The number of carbonyl (C=O) groups is 1. The molecule has 5 nitrogen and oxygen atoms in total. The van der Waals surface area contributed by atoms with Gasteiger partial charge in [0.05, 0.1) is 6.20 Å². The number of ether oxygens (including phenoxy) is 1. The number of hydrogen-bond acceptors (Lipinski definition) is 4. The zero-order chi connectivity index (χ0) is 19.4. The zero-order valence-corrected chi connectivity index (χ0v) is 16.6. The number of rotatable bonds is 5. The Bertz CT molecular complexity index is 784. The second-order valence-electron chi connectivity index (χ2n) is 8.33. The normalized spacial score (nSPS) is 20.2. The van der Waals surface area contributed by atoms with E-state index in [1.807, 2.05) is 25.1 Å². The molecule has 2 N–H and O–H groups in total. The smallest absolute Gasteiger partial charge is 0.220 e. The van der Waals surface area contributed by atoms with E-state index < -0.39 is 0 Å². The lowest BCUT2D eigenvalue weighted by molar-refractivity contribution is -0.125. The average Bonchev–Trinajstić information content (AvgIpc) is 2.63. The Balaban J connectivity index is 1.64. The number of benzene rings is 1. The van der Waals surface area contributed by atoms with Crippen LogP contribution in [-0.2, 0) is 11.3 Å². The third-order valence-corrected chi connectivity index (χ3v) is 5.00. The number of nitrogens with one attached hydrogen (secondary N) is 2. The second kappa shape index (κ2) is 8.09. The van der Waals surface area contributed by atoms with E-state index in [-0.39, 0.29) is 23.4 Å². The lowest BCUT2D eigenvalue weighted by Gasteiger charge is -2.41. The predicted molar refractivity (Wildman–Crippen MR) is 107 cm³/mol. The highest BCUT2D eigenvalue weighted by Crippen LogP contribution is 2.28. The summed E-state index contributed by atoms with van der Waals surface area (Å²) in [5.74, 6) is 1.72. The molecule has 2 atom stereocenters. The van der Waals surface area contributed by atoms with E-state index in [2.05, 4.69) is 48.5 Å². The first-order chi connectivity index (χ1) is 12.8. The van der Waals surface area contributed by atoms with E-state index in [0.29, 0.717) is 6.42 Å². The maximum absolute atomic E-state index is 11.8. The third kappa shape index (κ3) is 5.07. The van der Waals surface area contributed by atoms with Crippen LogP contribution >= 0.6 is 0 Å². The molecule has 0 unspecified atom stereocenters. The Labute approximate surface area is 161 Å². The van der Waals surface area contributed by atoms with Crippen LogP contribution in [0, 0.1) is 12.3 Å². The van der Waals surface area contributed by atoms with Crippen molar-refractivity contribution in [3.8, 4) is 11.5 Å². The molecule has 1 aliphatic rings. The Hall–Kier alpha value is -2.40. The minimum Gasteiger partial charge on any atom is -0.455 e. The molecule has 1 fully saturated rings. The first-order valence-electron chi connectivity index (χ1n) is 9.53. The summed E-state index contributed by atoms with van der Waals surface area (Å²) in [6.07, 6.45) is 4.89. The van der Waals surface area contributed by atoms with E-state index in [1.54, 1.807) is 12.4 Å². The molecule has 1 aromatic carbocycles. The van der Waals surface area contributed by atoms with Crippen molar-refractivity contribution in [1.82, 2.24) is 15.6 Å². The molecule has 2 heterocycles. The van der Waals surface area contributed by atoms with Crippen molar-refractivity contribution in [3.05, 3.63) is 53.9 Å². The minimum atomic E-state index is 0.0189. The van der Waals surface area contributed by atoms with Crippen LogP contribution in [0.5, 0.6) is 11.5 Å². The molecule has 1 saturated heterocycles. The monoisotopic (exact) mass is 367 g/mol. The number of pyridine rings is 1. The van der Waals surface area contributed by atoms with Gasteiger partial charge in [-0.1, -0.05) is 32.9 Å². The van der Waals surface area contributed by atoms with Crippen LogP contribution in [0.2, 0.25) is 0 Å². The van der Waals surface area contributed by atoms with Crippen molar-refractivity contribution in [3.63, 3.8) is 0 Å². The standard InChI is InChI=1S/C22H29N3O2/c1-15-12-16(7-9-19(15)27-17-6-5-11-23-14-17)13-24-18-8-10-20(26)25-21(18)22(2,3)4/h5-7,9,11-12,14,18,21,24H,8,10,13H2,1-4H3,(H,25,26)/t18-,21-/m1/s1. The fraction of sp³-hybridized carbons (Fsp3) is 0.455. The van der Waals surface area contributed by atoms with Gasteiger partial charge in [-0.15, -0.1) is 0 Å². The summed E-state index contributed by atoms with van der Waals surface area (Å²) >= 11 is 0. The van der Waals surface area contributed by atoms with Gasteiger partial charge in [0, 0.05) is 31.2 Å². The molecule has 144 valence electrons. The molecule has 5 heteroatoms.